The highest BCUT2D eigenvalue weighted by Crippen LogP contribution is 2.28. The zero-order valence-corrected chi connectivity index (χ0v) is 22.8. The van der Waals surface area contributed by atoms with Crippen LogP contribution in [0.3, 0.4) is 0 Å². The largest absolute Gasteiger partial charge is 0.467 e. The molecule has 0 saturated heterocycles. The van der Waals surface area contributed by atoms with Crippen molar-refractivity contribution in [3.63, 3.8) is 0 Å². The van der Waals surface area contributed by atoms with E-state index in [9.17, 15) is 9.59 Å². The Kier molecular flexibility index (Phi) is 6.70. The first kappa shape index (κ1) is 25.6. The maximum absolute atomic E-state index is 14.2. The molecule has 6 nitrogen and oxygen atoms in total. The summed E-state index contributed by atoms with van der Waals surface area (Å²) in [7, 11) is 0. The monoisotopic (exact) mass is 547 g/mol. The lowest BCUT2D eigenvalue weighted by Gasteiger charge is -2.30. The Morgan fingerprint density at radius 3 is 2.48 bits per heavy atom. The van der Waals surface area contributed by atoms with E-state index in [0.717, 1.165) is 16.3 Å². The van der Waals surface area contributed by atoms with Crippen molar-refractivity contribution in [1.29, 1.82) is 0 Å². The first-order valence-corrected chi connectivity index (χ1v) is 13.4. The van der Waals surface area contributed by atoms with Crippen molar-refractivity contribution >= 4 is 39.2 Å². The number of hydrogen-bond donors (Lipinski definition) is 0. The molecule has 40 heavy (non-hydrogen) atoms. The second-order valence-corrected chi connectivity index (χ2v) is 10.3. The Morgan fingerprint density at radius 2 is 1.73 bits per heavy atom. The van der Waals surface area contributed by atoms with Gasteiger partial charge in [0.05, 0.1) is 35.4 Å². The molecule has 0 N–H and O–H groups in total. The molecule has 0 aliphatic heterocycles. The summed E-state index contributed by atoms with van der Waals surface area (Å²) in [5, 5.41) is 2.94. The van der Waals surface area contributed by atoms with Crippen molar-refractivity contribution in [2.75, 3.05) is 0 Å². The van der Waals surface area contributed by atoms with Gasteiger partial charge in [0.15, 0.2) is 0 Å². The lowest BCUT2D eigenvalue weighted by Crippen LogP contribution is -2.37. The first-order chi connectivity index (χ1) is 19.4. The third kappa shape index (κ3) is 4.78. The number of nitrogens with zero attached hydrogens (tertiary/aromatic N) is 3. The van der Waals surface area contributed by atoms with E-state index in [-0.39, 0.29) is 18.0 Å². The third-order valence-corrected chi connectivity index (χ3v) is 7.39. The van der Waals surface area contributed by atoms with Crippen LogP contribution in [-0.4, -0.2) is 20.4 Å². The van der Waals surface area contributed by atoms with Gasteiger partial charge in [0.1, 0.15) is 11.6 Å². The van der Waals surface area contributed by atoms with E-state index in [1.807, 2.05) is 86.6 Å². The minimum Gasteiger partial charge on any atom is -0.467 e. The molecule has 6 aromatic rings. The highest BCUT2D eigenvalue weighted by molar-refractivity contribution is 6.31. The van der Waals surface area contributed by atoms with Crippen molar-refractivity contribution in [2.24, 2.45) is 0 Å². The summed E-state index contributed by atoms with van der Waals surface area (Å²) in [6.45, 7) is 4.06. The summed E-state index contributed by atoms with van der Waals surface area (Å²) in [5.41, 5.74) is 2.50. The van der Waals surface area contributed by atoms with Crippen molar-refractivity contribution in [1.82, 2.24) is 14.5 Å². The molecule has 1 amide bonds. The second-order valence-electron chi connectivity index (χ2n) is 9.86. The minimum absolute atomic E-state index is 0.192. The Balaban J connectivity index is 1.53. The van der Waals surface area contributed by atoms with Crippen molar-refractivity contribution < 1.29 is 9.21 Å². The number of hydrogen-bond acceptors (Lipinski definition) is 4. The van der Waals surface area contributed by atoms with Gasteiger partial charge in [-0.3, -0.25) is 14.2 Å². The van der Waals surface area contributed by atoms with Crippen LogP contribution < -0.4 is 5.56 Å². The summed E-state index contributed by atoms with van der Waals surface area (Å²) in [5.74, 6) is 0.837. The maximum Gasteiger partial charge on any atom is 0.266 e. The average molecular weight is 548 g/mol. The number of aryl methyl sites for hydroxylation is 1. The summed E-state index contributed by atoms with van der Waals surface area (Å²) in [6, 6.07) is 29.3. The van der Waals surface area contributed by atoms with Crippen LogP contribution in [-0.2, 0) is 6.54 Å². The number of carbonyl (C=O) groups is 1. The summed E-state index contributed by atoms with van der Waals surface area (Å²) in [4.78, 5) is 34.7. The predicted octanol–water partition coefficient (Wildman–Crippen LogP) is 7.50. The van der Waals surface area contributed by atoms with Crippen LogP contribution in [0.2, 0.25) is 5.02 Å². The molecule has 7 heteroatoms. The lowest BCUT2D eigenvalue weighted by atomic mass is 10.1. The summed E-state index contributed by atoms with van der Waals surface area (Å²) >= 11 is 6.29. The number of furan rings is 1. The summed E-state index contributed by atoms with van der Waals surface area (Å²) < 4.78 is 7.23. The Bertz CT molecular complexity index is 1910. The van der Waals surface area contributed by atoms with E-state index in [0.29, 0.717) is 38.8 Å². The fraction of sp³-hybridized carbons (Fsp3) is 0.121. The Morgan fingerprint density at radius 1 is 0.950 bits per heavy atom. The zero-order valence-electron chi connectivity index (χ0n) is 22.0. The van der Waals surface area contributed by atoms with Crippen LogP contribution in [0.15, 0.2) is 113 Å². The van der Waals surface area contributed by atoms with Gasteiger partial charge >= 0.3 is 0 Å². The van der Waals surface area contributed by atoms with Gasteiger partial charge in [-0.1, -0.05) is 59.6 Å². The molecular weight excluding hydrogens is 522 g/mol. The van der Waals surface area contributed by atoms with Crippen LogP contribution >= 0.6 is 11.6 Å². The molecule has 0 aliphatic carbocycles. The molecule has 0 fully saturated rings. The van der Waals surface area contributed by atoms with E-state index < -0.39 is 6.04 Å². The number of halogens is 1. The topological polar surface area (TPSA) is 68.3 Å². The van der Waals surface area contributed by atoms with E-state index >= 15 is 0 Å². The normalized spacial score (nSPS) is 12.1. The van der Waals surface area contributed by atoms with Gasteiger partial charge < -0.3 is 9.32 Å². The van der Waals surface area contributed by atoms with Crippen molar-refractivity contribution in [3.05, 3.63) is 141 Å². The van der Waals surface area contributed by atoms with Crippen LogP contribution in [0.4, 0.5) is 0 Å². The standard InChI is InChI=1S/C33H26ClN3O3/c1-21-9-14-27(15-10-21)37-31(35-30-19-26(34)13-16-29(30)33(37)39)22(2)36(20-28-8-5-17-40-28)32(38)25-12-11-23-6-3-4-7-24(23)18-25/h3-19,22H,20H2,1-2H3. The average Bonchev–Trinajstić information content (AvgIpc) is 3.49. The number of aromatic nitrogens is 2. The van der Waals surface area contributed by atoms with Crippen molar-refractivity contribution in [3.8, 4) is 5.69 Å². The van der Waals surface area contributed by atoms with E-state index in [4.69, 9.17) is 21.0 Å². The van der Waals surface area contributed by atoms with Gasteiger partial charge in [0, 0.05) is 10.6 Å². The number of benzene rings is 4. The summed E-state index contributed by atoms with van der Waals surface area (Å²) in [6.07, 6.45) is 1.58. The van der Waals surface area contributed by atoms with Crippen LogP contribution in [0.25, 0.3) is 27.4 Å². The van der Waals surface area contributed by atoms with Crippen LogP contribution in [0.5, 0.6) is 0 Å². The molecule has 0 radical (unpaired) electrons. The maximum atomic E-state index is 14.2. The van der Waals surface area contributed by atoms with Gasteiger partial charge in [-0.15, -0.1) is 0 Å². The SMILES string of the molecule is Cc1ccc(-n2c(C(C)N(Cc3ccco3)C(=O)c3ccc4ccccc4c3)nc3cc(Cl)ccc3c2=O)cc1. The predicted molar refractivity (Wildman–Crippen MR) is 158 cm³/mol. The molecule has 2 aromatic heterocycles. The molecular formula is C33H26ClN3O3. The molecule has 0 spiro atoms. The molecule has 0 saturated carbocycles. The first-order valence-electron chi connectivity index (χ1n) is 13.0. The lowest BCUT2D eigenvalue weighted by molar-refractivity contribution is 0.0648. The van der Waals surface area contributed by atoms with Gasteiger partial charge in [0.25, 0.3) is 11.5 Å². The number of amides is 1. The smallest absolute Gasteiger partial charge is 0.266 e. The number of fused-ring (bicyclic) bond motifs is 2. The quantitative estimate of drug-likeness (QED) is 0.216. The van der Waals surface area contributed by atoms with Gasteiger partial charge in [0.2, 0.25) is 0 Å². The number of carbonyl (C=O) groups excluding carboxylic acids is 1. The van der Waals surface area contributed by atoms with E-state index in [1.165, 1.54) is 0 Å². The van der Waals surface area contributed by atoms with Crippen LogP contribution in [0.1, 0.15) is 40.5 Å². The molecule has 4 aromatic carbocycles. The highest BCUT2D eigenvalue weighted by atomic mass is 35.5. The van der Waals surface area contributed by atoms with E-state index in [1.54, 1.807) is 40.0 Å². The molecule has 6 rings (SSSR count). The zero-order chi connectivity index (χ0) is 27.8. The fourth-order valence-corrected chi connectivity index (χ4v) is 5.15. The van der Waals surface area contributed by atoms with Gasteiger partial charge in [-0.2, -0.15) is 0 Å². The van der Waals surface area contributed by atoms with Crippen LogP contribution in [0, 0.1) is 6.92 Å². The fourth-order valence-electron chi connectivity index (χ4n) is 4.98. The van der Waals surface area contributed by atoms with E-state index in [2.05, 4.69) is 0 Å². The Hall–Kier alpha value is -4.68. The van der Waals surface area contributed by atoms with Gasteiger partial charge in [-0.25, -0.2) is 4.98 Å². The number of rotatable bonds is 6. The molecule has 198 valence electrons. The molecule has 0 bridgehead atoms. The highest BCUT2D eigenvalue weighted by Gasteiger charge is 2.29. The molecule has 0 aliphatic rings. The minimum atomic E-state index is -0.610. The molecule has 2 heterocycles. The van der Waals surface area contributed by atoms with Gasteiger partial charge in [-0.05, 0) is 79.2 Å². The molecule has 1 atom stereocenters. The molecule has 1 unspecified atom stereocenters. The van der Waals surface area contributed by atoms with Crippen molar-refractivity contribution in [2.45, 2.75) is 26.4 Å². The Labute approximate surface area is 236 Å². The third-order valence-electron chi connectivity index (χ3n) is 7.15. The second kappa shape index (κ2) is 10.5.